The number of aryl methyl sites for hydroxylation is 1. The van der Waals surface area contributed by atoms with Crippen LogP contribution in [0.2, 0.25) is 0 Å². The third-order valence-corrected chi connectivity index (χ3v) is 10.7. The van der Waals surface area contributed by atoms with Crippen LogP contribution in [-0.4, -0.2) is 52.8 Å². The van der Waals surface area contributed by atoms with Crippen LogP contribution >= 0.6 is 0 Å². The number of rotatable bonds is 19. The second kappa shape index (κ2) is 17.1. The van der Waals surface area contributed by atoms with Crippen LogP contribution < -0.4 is 21.1 Å². The third kappa shape index (κ3) is 8.88. The van der Waals surface area contributed by atoms with E-state index >= 15 is 0 Å². The average Bonchev–Trinajstić information content (AvgIpc) is 3.83. The summed E-state index contributed by atoms with van der Waals surface area (Å²) in [5.41, 5.74) is 18.6. The third-order valence-electron chi connectivity index (χ3n) is 10.7. The Balaban J connectivity index is 1.22. The molecule has 9 heteroatoms. The number of carbonyl (C=O) groups excluding carboxylic acids is 1. The highest BCUT2D eigenvalue weighted by atomic mass is 16.5. The number of carbonyl (C=O) groups is 1. The topological polar surface area (TPSA) is 156 Å². The Bertz CT molecular complexity index is 1530. The summed E-state index contributed by atoms with van der Waals surface area (Å²) in [5.74, 6) is -0.0236. The summed E-state index contributed by atoms with van der Waals surface area (Å²) in [7, 11) is 0. The number of ketones is 1. The van der Waals surface area contributed by atoms with Crippen LogP contribution in [0.15, 0.2) is 70.5 Å². The maximum Gasteiger partial charge on any atom is 0.227 e. The lowest BCUT2D eigenvalue weighted by Gasteiger charge is -2.32. The molecule has 1 unspecified atom stereocenters. The van der Waals surface area contributed by atoms with Gasteiger partial charge >= 0.3 is 0 Å². The first-order chi connectivity index (χ1) is 23.6. The molecule has 2 aromatic rings. The molecule has 5 rings (SSSR count). The Morgan fingerprint density at radius 3 is 2.57 bits per heavy atom. The van der Waals surface area contributed by atoms with Crippen molar-refractivity contribution in [3.63, 3.8) is 0 Å². The van der Waals surface area contributed by atoms with Gasteiger partial charge in [-0.15, -0.1) is 0 Å². The number of hydrogen-bond donors (Lipinski definition) is 6. The van der Waals surface area contributed by atoms with Crippen LogP contribution in [0.3, 0.4) is 0 Å². The van der Waals surface area contributed by atoms with Gasteiger partial charge in [-0.3, -0.25) is 14.7 Å². The number of nitrogens with one attached hydrogen (secondary N) is 1. The Labute approximate surface area is 291 Å². The highest BCUT2D eigenvalue weighted by Crippen LogP contribution is 2.49. The zero-order chi connectivity index (χ0) is 35.0. The lowest BCUT2D eigenvalue weighted by molar-refractivity contribution is -0.855. The van der Waals surface area contributed by atoms with E-state index in [1.54, 1.807) is 6.07 Å². The number of hydrogen-bond acceptors (Lipinski definition) is 8. The minimum absolute atomic E-state index is 0.0183. The van der Waals surface area contributed by atoms with E-state index in [9.17, 15) is 20.1 Å². The summed E-state index contributed by atoms with van der Waals surface area (Å²) in [4.78, 5) is 19.3. The van der Waals surface area contributed by atoms with E-state index in [4.69, 9.17) is 21.2 Å². The number of Topliss-reactive ketones (excluding diaryl/α,β-unsaturated/α-hetero) is 1. The maximum atomic E-state index is 13.4. The Morgan fingerprint density at radius 2 is 1.84 bits per heavy atom. The first-order valence-electron chi connectivity index (χ1n) is 18.4. The van der Waals surface area contributed by atoms with Crippen molar-refractivity contribution in [1.82, 2.24) is 0 Å². The van der Waals surface area contributed by atoms with E-state index in [1.807, 2.05) is 25.1 Å². The summed E-state index contributed by atoms with van der Waals surface area (Å²) >= 11 is 0. The average molecular weight is 674 g/mol. The SMILES string of the molecule is CCCCC[C@H](C(=O)CCc1ccc(O)c(OC[NH+]2C=C3N=CC(C4(c5cccc(C(N)N)c5)CCCC4)=C3C2)c1)[C@H](O)C[C@H](O)CCC. The molecule has 2 aromatic carbocycles. The molecule has 49 heavy (non-hydrogen) atoms. The second-order valence-electron chi connectivity index (χ2n) is 14.4. The molecule has 9 nitrogen and oxygen atoms in total. The van der Waals surface area contributed by atoms with Crippen molar-refractivity contribution in [2.24, 2.45) is 22.4 Å². The van der Waals surface area contributed by atoms with Gasteiger partial charge in [0.1, 0.15) is 24.2 Å². The van der Waals surface area contributed by atoms with E-state index < -0.39 is 24.3 Å². The van der Waals surface area contributed by atoms with Gasteiger partial charge < -0.3 is 31.5 Å². The predicted octanol–water partition coefficient (Wildman–Crippen LogP) is 4.89. The number of phenols is 1. The van der Waals surface area contributed by atoms with Crippen molar-refractivity contribution < 1.29 is 29.8 Å². The van der Waals surface area contributed by atoms with E-state index in [-0.39, 0.29) is 29.8 Å². The van der Waals surface area contributed by atoms with Gasteiger partial charge in [0.2, 0.25) is 6.73 Å². The maximum absolute atomic E-state index is 13.4. The molecule has 0 radical (unpaired) electrons. The van der Waals surface area contributed by atoms with Gasteiger partial charge in [-0.05, 0) is 72.9 Å². The first-order valence-corrected chi connectivity index (χ1v) is 18.4. The first kappa shape index (κ1) is 36.9. The largest absolute Gasteiger partial charge is 0.504 e. The lowest BCUT2D eigenvalue weighted by Crippen LogP contribution is -3.07. The molecule has 4 atom stereocenters. The van der Waals surface area contributed by atoms with Crippen molar-refractivity contribution in [3.05, 3.63) is 82.2 Å². The number of nitrogens with zero attached hydrogens (tertiary/aromatic N) is 1. The molecular weight excluding hydrogens is 616 g/mol. The molecule has 1 aliphatic carbocycles. The lowest BCUT2D eigenvalue weighted by atomic mass is 9.71. The molecule has 0 amide bonds. The number of ether oxygens (including phenoxy) is 1. The number of aliphatic imine (C=N–C) groups is 1. The fourth-order valence-corrected chi connectivity index (χ4v) is 7.98. The van der Waals surface area contributed by atoms with Gasteiger partial charge in [-0.1, -0.05) is 82.7 Å². The van der Waals surface area contributed by atoms with Gasteiger partial charge in [0, 0.05) is 29.5 Å². The molecular formula is C40H57N4O5+. The van der Waals surface area contributed by atoms with Gasteiger partial charge in [0.25, 0.3) is 0 Å². The highest BCUT2D eigenvalue weighted by Gasteiger charge is 2.44. The predicted molar refractivity (Wildman–Crippen MR) is 193 cm³/mol. The Morgan fingerprint density at radius 1 is 1.04 bits per heavy atom. The number of fused-ring (bicyclic) bond motifs is 1. The molecule has 0 spiro atoms. The zero-order valence-corrected chi connectivity index (χ0v) is 29.4. The summed E-state index contributed by atoms with van der Waals surface area (Å²) < 4.78 is 6.18. The number of aromatic hydroxyl groups is 1. The Hall–Kier alpha value is -3.34. The molecule has 0 aromatic heterocycles. The number of nitrogens with two attached hydrogens (primary N) is 2. The van der Waals surface area contributed by atoms with Gasteiger partial charge in [0.15, 0.2) is 11.5 Å². The number of aliphatic hydroxyl groups excluding tert-OH is 2. The van der Waals surface area contributed by atoms with Crippen LogP contribution in [0.1, 0.15) is 114 Å². The number of aliphatic hydroxyl groups is 2. The second-order valence-corrected chi connectivity index (χ2v) is 14.4. The molecule has 1 saturated carbocycles. The highest BCUT2D eigenvalue weighted by molar-refractivity contribution is 5.90. The van der Waals surface area contributed by atoms with E-state index in [2.05, 4.69) is 37.5 Å². The number of allylic oxidation sites excluding steroid dienone is 1. The molecule has 2 heterocycles. The molecule has 3 aliphatic rings. The van der Waals surface area contributed by atoms with E-state index in [0.29, 0.717) is 31.7 Å². The number of unbranched alkanes of at least 4 members (excludes halogenated alkanes) is 2. The standard InChI is InChI=1S/C40H56N4O5/c1-3-5-6-13-31(37(48)22-30(45)10-4-2)35(46)16-14-27-15-17-36(47)38(20-27)49-26-44-24-32-33(23-43-34(32)25-44)40(18-7-8-19-40)29-12-9-11-28(21-29)39(41)42/h9,11-12,15,17,20-21,23,25,30-31,37,39,45,47-48H,3-8,10,13-14,16,18-19,22,24,26,41-42H2,1-2H3/p+1/t30-,31-,37-/m1/s1. The van der Waals surface area contributed by atoms with Gasteiger partial charge in [-0.2, -0.15) is 0 Å². The minimum Gasteiger partial charge on any atom is -0.504 e. The zero-order valence-electron chi connectivity index (χ0n) is 29.4. The van der Waals surface area contributed by atoms with Crippen molar-refractivity contribution in [2.45, 2.75) is 121 Å². The fourth-order valence-electron chi connectivity index (χ4n) is 7.98. The molecule has 2 aliphatic heterocycles. The monoisotopic (exact) mass is 673 g/mol. The van der Waals surface area contributed by atoms with Crippen LogP contribution in [0, 0.1) is 5.92 Å². The quantitative estimate of drug-likeness (QED) is 0.0917. The van der Waals surface area contributed by atoms with Gasteiger partial charge in [-0.25, -0.2) is 0 Å². The summed E-state index contributed by atoms with van der Waals surface area (Å²) in [5, 5.41) is 31.8. The van der Waals surface area contributed by atoms with Crippen LogP contribution in [0.5, 0.6) is 11.5 Å². The summed E-state index contributed by atoms with van der Waals surface area (Å²) in [6, 6.07) is 13.6. The fraction of sp³-hybridized carbons (Fsp3) is 0.550. The van der Waals surface area contributed by atoms with Crippen LogP contribution in [0.25, 0.3) is 0 Å². The number of benzene rings is 2. The normalized spacial score (nSPS) is 20.1. The summed E-state index contributed by atoms with van der Waals surface area (Å²) in [6.07, 6.45) is 12.6. The molecule has 0 saturated heterocycles. The smallest absolute Gasteiger partial charge is 0.227 e. The number of phenolic OH excluding ortho intramolecular Hbond substituents is 1. The van der Waals surface area contributed by atoms with E-state index in [0.717, 1.165) is 79.6 Å². The molecule has 1 fully saturated rings. The molecule has 8 N–H and O–H groups in total. The van der Waals surface area contributed by atoms with Crippen molar-refractivity contribution >= 4 is 12.0 Å². The molecule has 266 valence electrons. The van der Waals surface area contributed by atoms with Crippen molar-refractivity contribution in [1.29, 1.82) is 0 Å². The molecule has 0 bridgehead atoms. The van der Waals surface area contributed by atoms with Crippen LogP contribution in [0.4, 0.5) is 0 Å². The van der Waals surface area contributed by atoms with Gasteiger partial charge in [0.05, 0.1) is 18.4 Å². The van der Waals surface area contributed by atoms with Crippen molar-refractivity contribution in [2.75, 3.05) is 13.3 Å². The Kier molecular flexibility index (Phi) is 12.8. The van der Waals surface area contributed by atoms with E-state index in [1.165, 1.54) is 16.7 Å². The summed E-state index contributed by atoms with van der Waals surface area (Å²) in [6.45, 7) is 5.18. The van der Waals surface area contributed by atoms with Crippen LogP contribution in [-0.2, 0) is 16.6 Å². The van der Waals surface area contributed by atoms with Crippen molar-refractivity contribution in [3.8, 4) is 11.5 Å². The number of quaternary nitrogens is 1. The minimum atomic E-state index is -0.848.